The first-order valence-corrected chi connectivity index (χ1v) is 43.4. The van der Waals surface area contributed by atoms with Gasteiger partial charge < -0.3 is 61.7 Å². The van der Waals surface area contributed by atoms with Crippen molar-refractivity contribution in [3.63, 3.8) is 0 Å². The number of nitrogens with one attached hydrogen (secondary N) is 7. The molecule has 0 aromatic heterocycles. The molecule has 6 amide bonds. The second-order valence-electron chi connectivity index (χ2n) is 31.8. The van der Waals surface area contributed by atoms with E-state index in [-0.39, 0.29) is 71.7 Å². The maximum atomic E-state index is 13.8. The van der Waals surface area contributed by atoms with E-state index in [9.17, 15) is 28.8 Å². The molecule has 5 aliphatic heterocycles. The fourth-order valence-corrected chi connectivity index (χ4v) is 16.6. The van der Waals surface area contributed by atoms with E-state index in [1.54, 1.807) is 42.5 Å². The predicted molar refractivity (Wildman–Crippen MR) is 471 cm³/mol. The van der Waals surface area contributed by atoms with Crippen LogP contribution in [0.4, 0.5) is 0 Å². The molecule has 7 aromatic carbocycles. The highest BCUT2D eigenvalue weighted by atomic mass is 35.5. The summed E-state index contributed by atoms with van der Waals surface area (Å²) in [5, 5.41) is 27.4. The van der Waals surface area contributed by atoms with Gasteiger partial charge in [-0.1, -0.05) is 197 Å². The van der Waals surface area contributed by atoms with Crippen LogP contribution in [0.5, 0.6) is 0 Å². The molecule has 9 atom stereocenters. The Kier molecular flexibility index (Phi) is 36.6. The van der Waals surface area contributed by atoms with Gasteiger partial charge in [0, 0.05) is 147 Å². The highest BCUT2D eigenvalue weighted by Gasteiger charge is 2.36. The smallest absolute Gasteiger partial charge is 0.251 e. The van der Waals surface area contributed by atoms with Gasteiger partial charge in [-0.3, -0.25) is 28.8 Å². The second-order valence-corrected chi connectivity index (χ2v) is 33.1. The van der Waals surface area contributed by atoms with E-state index in [4.69, 9.17) is 34.8 Å². The normalized spacial score (nSPS) is 20.6. The van der Waals surface area contributed by atoms with Crippen LogP contribution in [0.3, 0.4) is 0 Å². The van der Waals surface area contributed by atoms with Crippen LogP contribution in [0, 0.1) is 0 Å². The van der Waals surface area contributed by atoms with Crippen LogP contribution in [0.2, 0.25) is 15.1 Å². The summed E-state index contributed by atoms with van der Waals surface area (Å²) in [5.41, 5.74) is 6.29. The molecule has 0 spiro atoms. The van der Waals surface area contributed by atoms with Crippen LogP contribution >= 0.6 is 34.8 Å². The predicted octanol–water partition coefficient (Wildman–Crippen LogP) is 14.8. The summed E-state index contributed by atoms with van der Waals surface area (Å²) >= 11 is 18.0. The van der Waals surface area contributed by atoms with E-state index in [0.29, 0.717) is 96.7 Å². The largest absolute Gasteiger partial charge is 0.351 e. The van der Waals surface area contributed by atoms with Crippen molar-refractivity contribution in [2.45, 2.75) is 178 Å². The number of benzene rings is 7. The lowest BCUT2D eigenvalue weighted by molar-refractivity contribution is -0.134. The van der Waals surface area contributed by atoms with Crippen LogP contribution in [-0.2, 0) is 24.0 Å². The monoisotopic (exact) mass is 1620 g/mol. The first-order chi connectivity index (χ1) is 55.9. The molecule has 21 heteroatoms. The number of nitrogens with zero attached hydrogens (tertiary/aromatic N) is 5. The van der Waals surface area contributed by atoms with Crippen molar-refractivity contribution in [1.82, 2.24) is 61.7 Å². The van der Waals surface area contributed by atoms with Gasteiger partial charge in [-0.25, -0.2) is 0 Å². The second kappa shape index (κ2) is 47.2. The Morgan fingerprint density at radius 1 is 0.435 bits per heavy atom. The minimum atomic E-state index is -0.284. The number of carbonyl (C=O) groups excluding carboxylic acids is 6. The van der Waals surface area contributed by atoms with Crippen molar-refractivity contribution < 1.29 is 28.8 Å². The maximum Gasteiger partial charge on any atom is 0.251 e. The van der Waals surface area contributed by atoms with Crippen LogP contribution in [0.1, 0.15) is 174 Å². The summed E-state index contributed by atoms with van der Waals surface area (Å²) < 4.78 is 0. The number of carbonyl (C=O) groups is 6. The molecule has 115 heavy (non-hydrogen) atoms. The molecular formula is C94H123Cl3N12O6. The topological polar surface area (TPSA) is 203 Å². The highest BCUT2D eigenvalue weighted by Crippen LogP contribution is 2.28. The molecule has 616 valence electrons. The van der Waals surface area contributed by atoms with Crippen molar-refractivity contribution in [3.8, 4) is 0 Å². The molecule has 18 nitrogen and oxygen atoms in total. The molecule has 0 aliphatic carbocycles. The van der Waals surface area contributed by atoms with Crippen molar-refractivity contribution in [1.29, 1.82) is 0 Å². The van der Waals surface area contributed by atoms with Gasteiger partial charge in [-0.2, -0.15) is 0 Å². The lowest BCUT2D eigenvalue weighted by Gasteiger charge is -2.29. The Labute approximate surface area is 698 Å². The molecule has 5 heterocycles. The van der Waals surface area contributed by atoms with E-state index in [2.05, 4.69) is 164 Å². The number of likely N-dealkylation sites (tertiary alicyclic amines) is 2. The zero-order valence-corrected chi connectivity index (χ0v) is 70.4. The van der Waals surface area contributed by atoms with Crippen molar-refractivity contribution in [2.24, 2.45) is 0 Å². The number of rotatable bonds is 33. The van der Waals surface area contributed by atoms with E-state index >= 15 is 0 Å². The Hall–Kier alpha value is -8.27. The lowest BCUT2D eigenvalue weighted by atomic mass is 9.95. The first kappa shape index (κ1) is 89.1. The maximum absolute atomic E-state index is 13.8. The van der Waals surface area contributed by atoms with Gasteiger partial charge in [-0.05, 0) is 215 Å². The zero-order chi connectivity index (χ0) is 81.3. The van der Waals surface area contributed by atoms with Crippen molar-refractivity contribution in [3.05, 3.63) is 237 Å². The van der Waals surface area contributed by atoms with Gasteiger partial charge in [-0.15, -0.1) is 0 Å². The number of amides is 6. The van der Waals surface area contributed by atoms with Crippen molar-refractivity contribution in [2.75, 3.05) is 105 Å². The summed E-state index contributed by atoms with van der Waals surface area (Å²) in [7, 11) is 0. The third-order valence-corrected chi connectivity index (χ3v) is 23.8. The fraction of sp³-hybridized carbons (Fsp3) is 0.468. The van der Waals surface area contributed by atoms with Crippen molar-refractivity contribution >= 4 is 93.2 Å². The van der Waals surface area contributed by atoms with Gasteiger partial charge in [0.15, 0.2) is 0 Å². The van der Waals surface area contributed by atoms with E-state index < -0.39 is 0 Å². The number of halogens is 3. The molecule has 7 N–H and O–H groups in total. The molecule has 7 aromatic rings. The van der Waals surface area contributed by atoms with E-state index in [1.165, 1.54) is 48.4 Å². The van der Waals surface area contributed by atoms with Crippen LogP contribution < -0.4 is 37.2 Å². The van der Waals surface area contributed by atoms with Crippen LogP contribution in [-0.4, -0.2) is 207 Å². The molecule has 0 saturated carbocycles. The summed E-state index contributed by atoms with van der Waals surface area (Å²) in [6, 6.07) is 57.2. The standard InChI is InChI=1S/C33H41ClN4O2.C31H41ClN4O2.C30H41ClN4O2/c1-2-24(25-8-4-3-5-9-25)23-38-19-14-30(36-31(33(38)40)15-18-37-16-6-7-17-37)22-35-32(39)28-11-10-27-21-29(34)13-12-26(27)20-28;1-2-25(26-8-4-3-5-9-26)23-36-21-16-28(34-29(31(36)38)17-20-35-18-6-7-19-35)22-33-30(37)15-12-24-10-13-27(32)14-11-24;1-4-24(25-8-6-5-7-9-25)21-35-19-17-27(34-28(30(35)37)16-18-32-22(2)3)20-33-29(36)15-12-23-10-13-26(31)14-11-23/h3-5,8-13,20-21,24,30-31,36H,2,6-7,14-19,22-23H2,1H3,(H,35,39);3-5,8-15,25,28-29,34H,2,6-7,16-23H2,1H3,(H,33,37);5-15,22,24,27-28,32,34H,4,16-21H2,1-3H3,(H,33,36)/b;2*15-12+/t24-,30+,31+;25-,28+,29+;24-,27+,28+/m111/s1. The highest BCUT2D eigenvalue weighted by molar-refractivity contribution is 6.31. The van der Waals surface area contributed by atoms with Gasteiger partial charge in [0.1, 0.15) is 0 Å². The SMILES string of the molecule is CC[C@H](CN1CC[C@@H](CNC(=O)/C=C/c2ccc(Cl)cc2)N[C@@H](CCN2CCCC2)C1=O)c1ccccc1.CC[C@H](CN1CC[C@@H](CNC(=O)/C=C/c2ccc(Cl)cc2)N[C@@H](CCNC(C)C)C1=O)c1ccccc1.CC[C@H](CN1CC[C@@H](CNC(=O)c2ccc3cc(Cl)ccc3c2)N[C@@H](CCN2CCCC2)C1=O)c1ccccc1. The number of hydrogen-bond acceptors (Lipinski definition) is 12. The summed E-state index contributed by atoms with van der Waals surface area (Å²) in [5.74, 6) is 1.05. The third kappa shape index (κ3) is 29.1. The molecule has 5 fully saturated rings. The fourth-order valence-electron chi connectivity index (χ4n) is 16.2. The van der Waals surface area contributed by atoms with Gasteiger partial charge in [0.25, 0.3) is 5.91 Å². The molecular weight excluding hydrogens is 1500 g/mol. The summed E-state index contributed by atoms with van der Waals surface area (Å²) in [4.78, 5) is 90.3. The average molecular weight is 1620 g/mol. The lowest BCUT2D eigenvalue weighted by Crippen LogP contribution is -2.50. The van der Waals surface area contributed by atoms with Gasteiger partial charge >= 0.3 is 0 Å². The molecule has 5 saturated heterocycles. The van der Waals surface area contributed by atoms with Gasteiger partial charge in [0.05, 0.1) is 18.1 Å². The minimum absolute atomic E-state index is 0.0164. The van der Waals surface area contributed by atoms with Crippen LogP contribution in [0.15, 0.2) is 188 Å². The van der Waals surface area contributed by atoms with Gasteiger partial charge in [0.2, 0.25) is 29.5 Å². The minimum Gasteiger partial charge on any atom is -0.351 e. The number of hydrogen-bond donors (Lipinski definition) is 7. The average Bonchev–Trinajstić information content (AvgIpc) is 1.28. The van der Waals surface area contributed by atoms with E-state index in [1.807, 2.05) is 83.8 Å². The third-order valence-electron chi connectivity index (χ3n) is 23.1. The zero-order valence-electron chi connectivity index (χ0n) is 68.2. The summed E-state index contributed by atoms with van der Waals surface area (Å²) in [6.07, 6.45) is 19.2. The molecule has 12 rings (SSSR count). The number of fused-ring (bicyclic) bond motifs is 1. The Bertz CT molecular complexity index is 4210. The van der Waals surface area contributed by atoms with E-state index in [0.717, 1.165) is 132 Å². The Morgan fingerprint density at radius 2 is 0.791 bits per heavy atom. The summed E-state index contributed by atoms with van der Waals surface area (Å²) in [6.45, 7) is 23.5. The quantitative estimate of drug-likeness (QED) is 0.0192. The molecule has 0 bridgehead atoms. The Balaban J connectivity index is 0.000000183. The molecule has 0 unspecified atom stereocenters. The molecule has 5 aliphatic rings. The Morgan fingerprint density at radius 3 is 1.17 bits per heavy atom. The molecule has 0 radical (unpaired) electrons. The van der Waals surface area contributed by atoms with Crippen LogP contribution in [0.25, 0.3) is 22.9 Å². The first-order valence-electron chi connectivity index (χ1n) is 42.2.